The van der Waals surface area contributed by atoms with Gasteiger partial charge in [-0.3, -0.25) is 4.79 Å². The first kappa shape index (κ1) is 14.2. The third kappa shape index (κ3) is 4.40. The van der Waals surface area contributed by atoms with Gasteiger partial charge in [0.2, 0.25) is 0 Å². The lowest BCUT2D eigenvalue weighted by Gasteiger charge is -2.16. The van der Waals surface area contributed by atoms with Crippen LogP contribution in [0.2, 0.25) is 0 Å². The van der Waals surface area contributed by atoms with Crippen LogP contribution in [0.4, 0.5) is 4.79 Å². The van der Waals surface area contributed by atoms with Crippen LogP contribution >= 0.6 is 0 Å². The molecule has 2 fully saturated rings. The molecule has 0 aromatic rings. The molecule has 19 heavy (non-hydrogen) atoms. The zero-order valence-electron chi connectivity index (χ0n) is 11.6. The minimum atomic E-state index is -0.781. The zero-order chi connectivity index (χ0) is 13.9. The second kappa shape index (κ2) is 5.80. The van der Waals surface area contributed by atoms with Gasteiger partial charge in [0, 0.05) is 19.5 Å². The fourth-order valence-corrected chi connectivity index (χ4v) is 2.64. The Balaban J connectivity index is 1.55. The lowest BCUT2D eigenvalue weighted by atomic mass is 10.0. The van der Waals surface area contributed by atoms with Crippen molar-refractivity contribution in [2.45, 2.75) is 45.4 Å². The molecule has 0 aliphatic heterocycles. The van der Waals surface area contributed by atoms with E-state index in [0.717, 1.165) is 12.5 Å². The van der Waals surface area contributed by atoms with E-state index in [1.165, 1.54) is 25.7 Å². The van der Waals surface area contributed by atoms with Gasteiger partial charge in [-0.15, -0.1) is 0 Å². The van der Waals surface area contributed by atoms with Crippen molar-refractivity contribution in [2.24, 2.45) is 17.3 Å². The number of carboxylic acids is 1. The maximum absolute atomic E-state index is 11.7. The number of carboxylic acid groups (broad SMARTS) is 1. The summed E-state index contributed by atoms with van der Waals surface area (Å²) in [6, 6.07) is -0.117. The lowest BCUT2D eigenvalue weighted by Crippen LogP contribution is -2.41. The molecule has 0 saturated heterocycles. The second-order valence-electron chi connectivity index (χ2n) is 6.24. The van der Waals surface area contributed by atoms with E-state index >= 15 is 0 Å². The smallest absolute Gasteiger partial charge is 0.314 e. The third-order valence-electron chi connectivity index (χ3n) is 4.40. The van der Waals surface area contributed by atoms with Gasteiger partial charge in [0.05, 0.1) is 0 Å². The molecule has 1 unspecified atom stereocenters. The summed E-state index contributed by atoms with van der Waals surface area (Å²) < 4.78 is 0. The van der Waals surface area contributed by atoms with E-state index in [9.17, 15) is 9.59 Å². The zero-order valence-corrected chi connectivity index (χ0v) is 11.6. The number of rotatable bonds is 8. The summed E-state index contributed by atoms with van der Waals surface area (Å²) >= 11 is 0. The van der Waals surface area contributed by atoms with Crippen molar-refractivity contribution >= 4 is 12.0 Å². The fraction of sp³-hybridized carbons (Fsp3) is 0.857. The average molecular weight is 268 g/mol. The molecule has 5 heteroatoms. The van der Waals surface area contributed by atoms with E-state index in [1.54, 1.807) is 0 Å². The highest BCUT2D eigenvalue weighted by Gasteiger charge is 2.53. The summed E-state index contributed by atoms with van der Waals surface area (Å²) in [4.78, 5) is 22.1. The van der Waals surface area contributed by atoms with Crippen LogP contribution in [0.1, 0.15) is 45.4 Å². The Labute approximate surface area is 114 Å². The van der Waals surface area contributed by atoms with Crippen molar-refractivity contribution in [3.05, 3.63) is 0 Å². The van der Waals surface area contributed by atoms with Crippen LogP contribution in [0.3, 0.4) is 0 Å². The molecule has 2 aliphatic carbocycles. The molecule has 0 spiro atoms. The molecule has 0 aromatic carbocycles. The Bertz CT molecular complexity index is 349. The van der Waals surface area contributed by atoms with Crippen molar-refractivity contribution in [3.8, 4) is 0 Å². The minimum Gasteiger partial charge on any atom is -0.481 e. The van der Waals surface area contributed by atoms with E-state index in [0.29, 0.717) is 18.4 Å². The predicted octanol–water partition coefficient (Wildman–Crippen LogP) is 1.98. The number of amides is 2. The Hall–Kier alpha value is -1.26. The maximum atomic E-state index is 11.7. The quantitative estimate of drug-likeness (QED) is 0.630. The number of urea groups is 1. The van der Waals surface area contributed by atoms with Gasteiger partial charge in [-0.2, -0.15) is 0 Å². The maximum Gasteiger partial charge on any atom is 0.314 e. The molecule has 2 amide bonds. The Morgan fingerprint density at radius 2 is 2.00 bits per heavy atom. The summed E-state index contributed by atoms with van der Waals surface area (Å²) in [5, 5.41) is 14.4. The molecule has 2 rings (SSSR count). The molecule has 0 heterocycles. The standard InChI is InChI=1S/C14H24N2O3/c1-10(2-5-12(17)18)8-15-13(19)16-9-14(6-7-14)11-3-4-11/h10-11H,2-9H2,1H3,(H,17,18)(H2,15,16,19). The summed E-state index contributed by atoms with van der Waals surface area (Å²) in [6.45, 7) is 3.29. The molecule has 1 atom stereocenters. The molecule has 0 aromatic heterocycles. The Kier molecular flexibility index (Phi) is 4.32. The first-order valence-corrected chi connectivity index (χ1v) is 7.25. The number of hydrogen-bond acceptors (Lipinski definition) is 2. The third-order valence-corrected chi connectivity index (χ3v) is 4.40. The highest BCUT2D eigenvalue weighted by atomic mass is 16.4. The molecule has 3 N–H and O–H groups in total. The fourth-order valence-electron chi connectivity index (χ4n) is 2.64. The summed E-state index contributed by atoms with van der Waals surface area (Å²) in [5.41, 5.74) is 0.423. The van der Waals surface area contributed by atoms with Gasteiger partial charge < -0.3 is 15.7 Å². The van der Waals surface area contributed by atoms with Crippen molar-refractivity contribution in [1.29, 1.82) is 0 Å². The van der Waals surface area contributed by atoms with Crippen LogP contribution in [-0.2, 0) is 4.79 Å². The van der Waals surface area contributed by atoms with Gasteiger partial charge >= 0.3 is 12.0 Å². The van der Waals surface area contributed by atoms with Crippen molar-refractivity contribution in [2.75, 3.05) is 13.1 Å². The van der Waals surface area contributed by atoms with Gasteiger partial charge in [0.1, 0.15) is 0 Å². The average Bonchev–Trinajstić information content (AvgIpc) is 3.23. The van der Waals surface area contributed by atoms with E-state index < -0.39 is 5.97 Å². The van der Waals surface area contributed by atoms with E-state index in [-0.39, 0.29) is 18.4 Å². The lowest BCUT2D eigenvalue weighted by molar-refractivity contribution is -0.137. The Morgan fingerprint density at radius 1 is 1.32 bits per heavy atom. The molecule has 2 saturated carbocycles. The molecular formula is C14H24N2O3. The van der Waals surface area contributed by atoms with Gasteiger partial charge in [0.15, 0.2) is 0 Å². The topological polar surface area (TPSA) is 78.4 Å². The molecule has 0 radical (unpaired) electrons. The SMILES string of the molecule is CC(CCC(=O)O)CNC(=O)NCC1(C2CC2)CC1. The Morgan fingerprint density at radius 3 is 2.53 bits per heavy atom. The van der Waals surface area contributed by atoms with E-state index in [2.05, 4.69) is 10.6 Å². The normalized spacial score (nSPS) is 21.5. The predicted molar refractivity (Wildman–Crippen MR) is 71.8 cm³/mol. The number of carbonyl (C=O) groups is 2. The van der Waals surface area contributed by atoms with Gasteiger partial charge in [-0.25, -0.2) is 4.79 Å². The highest BCUT2D eigenvalue weighted by molar-refractivity contribution is 5.73. The monoisotopic (exact) mass is 268 g/mol. The van der Waals surface area contributed by atoms with Crippen LogP contribution < -0.4 is 10.6 Å². The van der Waals surface area contributed by atoms with Crippen LogP contribution in [0.5, 0.6) is 0 Å². The van der Waals surface area contributed by atoms with E-state index in [1.807, 2.05) is 6.92 Å². The van der Waals surface area contributed by atoms with Crippen molar-refractivity contribution < 1.29 is 14.7 Å². The van der Waals surface area contributed by atoms with Crippen molar-refractivity contribution in [3.63, 3.8) is 0 Å². The molecule has 0 bridgehead atoms. The molecule has 108 valence electrons. The second-order valence-corrected chi connectivity index (χ2v) is 6.24. The van der Waals surface area contributed by atoms with E-state index in [4.69, 9.17) is 5.11 Å². The number of nitrogens with one attached hydrogen (secondary N) is 2. The molecular weight excluding hydrogens is 244 g/mol. The van der Waals surface area contributed by atoms with Gasteiger partial charge in [-0.1, -0.05) is 6.92 Å². The number of aliphatic carboxylic acids is 1. The van der Waals surface area contributed by atoms with Gasteiger partial charge in [-0.05, 0) is 49.4 Å². The number of carbonyl (C=O) groups excluding carboxylic acids is 1. The van der Waals surface area contributed by atoms with Crippen molar-refractivity contribution in [1.82, 2.24) is 10.6 Å². The molecule has 5 nitrogen and oxygen atoms in total. The summed E-state index contributed by atoms with van der Waals surface area (Å²) in [5.74, 6) is 0.263. The van der Waals surface area contributed by atoms with Crippen LogP contribution in [0, 0.1) is 17.3 Å². The minimum absolute atomic E-state index is 0.117. The highest BCUT2D eigenvalue weighted by Crippen LogP contribution is 2.60. The number of hydrogen-bond donors (Lipinski definition) is 3. The van der Waals surface area contributed by atoms with Crippen LogP contribution in [0.25, 0.3) is 0 Å². The summed E-state index contributed by atoms with van der Waals surface area (Å²) in [7, 11) is 0. The molecule has 2 aliphatic rings. The van der Waals surface area contributed by atoms with Gasteiger partial charge in [0.25, 0.3) is 0 Å². The van der Waals surface area contributed by atoms with Crippen LogP contribution in [0.15, 0.2) is 0 Å². The first-order chi connectivity index (χ1) is 9.02. The summed E-state index contributed by atoms with van der Waals surface area (Å²) in [6.07, 6.45) is 5.93. The van der Waals surface area contributed by atoms with Crippen LogP contribution in [-0.4, -0.2) is 30.2 Å². The first-order valence-electron chi connectivity index (χ1n) is 7.25. The largest absolute Gasteiger partial charge is 0.481 e.